The molecule has 0 fully saturated rings. The molecule has 0 amide bonds. The molecule has 1 rings (SSSR count). The summed E-state index contributed by atoms with van der Waals surface area (Å²) in [4.78, 5) is 0. The molecule has 0 unspecified atom stereocenters. The molecule has 12 heavy (non-hydrogen) atoms. The largest absolute Gasteiger partial charge is 0.509 e. The minimum absolute atomic E-state index is 0.114. The molecule has 1 aromatic rings. The number of hydrogen-bond donors (Lipinski definition) is 1. The highest BCUT2D eigenvalue weighted by Gasteiger charge is 2.03. The highest BCUT2D eigenvalue weighted by atomic mass is 35.5. The van der Waals surface area contributed by atoms with E-state index in [0.29, 0.717) is 10.5 Å². The Balaban J connectivity index is 3.05. The molecule has 0 bridgehead atoms. The van der Waals surface area contributed by atoms with Gasteiger partial charge in [-0.15, -0.1) is 0 Å². The predicted octanol–water partition coefficient (Wildman–Crippen LogP) is 1.79. The molecule has 0 saturated heterocycles. The zero-order valence-corrected chi connectivity index (χ0v) is 7.73. The minimum Gasteiger partial charge on any atom is -0.509 e. The zero-order valence-electron chi connectivity index (χ0n) is 6.97. The van der Waals surface area contributed by atoms with E-state index < -0.39 is 0 Å². The Morgan fingerprint density at radius 1 is 1.50 bits per heavy atom. The summed E-state index contributed by atoms with van der Waals surface area (Å²) < 4.78 is 0. The van der Waals surface area contributed by atoms with Gasteiger partial charge in [0.25, 0.3) is 0 Å². The maximum Gasteiger partial charge on any atom is 0.119 e. The van der Waals surface area contributed by atoms with Gasteiger partial charge in [0.2, 0.25) is 0 Å². The van der Waals surface area contributed by atoms with Crippen LogP contribution in [-0.2, 0) is 6.42 Å². The Morgan fingerprint density at radius 2 is 2.17 bits per heavy atom. The van der Waals surface area contributed by atoms with E-state index in [4.69, 9.17) is 19.4 Å². The van der Waals surface area contributed by atoms with Crippen LogP contribution in [0, 0.1) is 0 Å². The lowest BCUT2D eigenvalue weighted by atomic mass is 9.93. The fourth-order valence-corrected chi connectivity index (χ4v) is 1.35. The highest BCUT2D eigenvalue weighted by Crippen LogP contribution is 2.20. The summed E-state index contributed by atoms with van der Waals surface area (Å²) in [6.45, 7) is 2.06. The molecule has 1 nitrogen and oxygen atoms in total. The van der Waals surface area contributed by atoms with Crippen LogP contribution in [0.3, 0.4) is 0 Å². The van der Waals surface area contributed by atoms with Crippen LogP contribution in [0.5, 0.6) is 5.75 Å². The third-order valence-electron chi connectivity index (χ3n) is 1.72. The minimum atomic E-state index is 0.114. The van der Waals surface area contributed by atoms with Crippen molar-refractivity contribution in [2.24, 2.45) is 0 Å². The number of aryl methyl sites for hydroxylation is 1. The molecule has 0 aliphatic rings. The van der Waals surface area contributed by atoms with Crippen LogP contribution in [0.15, 0.2) is 12.1 Å². The van der Waals surface area contributed by atoms with E-state index in [9.17, 15) is 5.11 Å². The highest BCUT2D eigenvalue weighted by molar-refractivity contribution is 6.37. The lowest BCUT2D eigenvalue weighted by Gasteiger charge is -2.05. The quantitative estimate of drug-likeness (QED) is 0.688. The van der Waals surface area contributed by atoms with Gasteiger partial charge in [-0.3, -0.25) is 0 Å². The molecule has 0 heterocycles. The Bertz CT molecular complexity index is 286. The normalized spacial score (nSPS) is 10.2. The van der Waals surface area contributed by atoms with Crippen molar-refractivity contribution in [1.29, 1.82) is 0 Å². The van der Waals surface area contributed by atoms with Crippen LogP contribution in [0.2, 0.25) is 5.02 Å². The van der Waals surface area contributed by atoms with Gasteiger partial charge in [-0.2, -0.15) is 0 Å². The predicted molar refractivity (Wildman–Crippen MR) is 52.5 cm³/mol. The molecule has 3 heteroatoms. The SMILES string of the molecule is [B]c1cc(Cl)c(CCC)cc1O. The van der Waals surface area contributed by atoms with Crippen LogP contribution < -0.4 is 5.46 Å². The summed E-state index contributed by atoms with van der Waals surface area (Å²) in [5, 5.41) is 9.90. The summed E-state index contributed by atoms with van der Waals surface area (Å²) in [7, 11) is 5.45. The Hall–Kier alpha value is -0.625. The summed E-state index contributed by atoms with van der Waals surface area (Å²) in [6, 6.07) is 3.21. The van der Waals surface area contributed by atoms with Gasteiger partial charge in [-0.1, -0.05) is 30.4 Å². The molecular formula is C9H10BClO. The van der Waals surface area contributed by atoms with Gasteiger partial charge in [0.05, 0.1) is 0 Å². The molecule has 0 aromatic heterocycles. The molecule has 1 N–H and O–H groups in total. The molecule has 0 spiro atoms. The second-order valence-electron chi connectivity index (χ2n) is 2.75. The molecule has 0 aliphatic heterocycles. The summed E-state index contributed by atoms with van der Waals surface area (Å²) in [5.74, 6) is 0.114. The molecular weight excluding hydrogens is 170 g/mol. The lowest BCUT2D eigenvalue weighted by Crippen LogP contribution is -2.03. The summed E-state index contributed by atoms with van der Waals surface area (Å²) in [6.07, 6.45) is 1.87. The zero-order chi connectivity index (χ0) is 9.14. The second kappa shape index (κ2) is 3.86. The lowest BCUT2D eigenvalue weighted by molar-refractivity contribution is 0.479. The van der Waals surface area contributed by atoms with Gasteiger partial charge in [0.15, 0.2) is 0 Å². The first-order valence-corrected chi connectivity index (χ1v) is 4.29. The van der Waals surface area contributed by atoms with Crippen molar-refractivity contribution >= 4 is 24.9 Å². The Kier molecular flexibility index (Phi) is 3.04. The number of phenols is 1. The average molecular weight is 180 g/mol. The third-order valence-corrected chi connectivity index (χ3v) is 2.07. The van der Waals surface area contributed by atoms with E-state index >= 15 is 0 Å². The molecule has 2 radical (unpaired) electrons. The first-order chi connectivity index (χ1) is 5.65. The van der Waals surface area contributed by atoms with Gasteiger partial charge in [0.1, 0.15) is 13.6 Å². The van der Waals surface area contributed by atoms with E-state index in [1.54, 1.807) is 12.1 Å². The maximum absolute atomic E-state index is 9.27. The van der Waals surface area contributed by atoms with Crippen LogP contribution in [0.1, 0.15) is 18.9 Å². The Labute approximate surface area is 78.8 Å². The van der Waals surface area contributed by atoms with Crippen molar-refractivity contribution in [3.8, 4) is 5.75 Å². The number of aromatic hydroxyl groups is 1. The molecule has 0 aliphatic carbocycles. The molecule has 62 valence electrons. The van der Waals surface area contributed by atoms with Crippen LogP contribution in [-0.4, -0.2) is 13.0 Å². The van der Waals surface area contributed by atoms with Crippen molar-refractivity contribution in [3.05, 3.63) is 22.7 Å². The van der Waals surface area contributed by atoms with Crippen molar-refractivity contribution in [3.63, 3.8) is 0 Å². The topological polar surface area (TPSA) is 20.2 Å². The van der Waals surface area contributed by atoms with Crippen molar-refractivity contribution < 1.29 is 5.11 Å². The van der Waals surface area contributed by atoms with E-state index in [0.717, 1.165) is 18.4 Å². The summed E-state index contributed by atoms with van der Waals surface area (Å²) >= 11 is 5.89. The van der Waals surface area contributed by atoms with Gasteiger partial charge in [-0.05, 0) is 24.1 Å². The van der Waals surface area contributed by atoms with E-state index in [2.05, 4.69) is 6.92 Å². The standard InChI is InChI=1S/C9H10BClO/c1-2-3-6-4-9(12)7(10)5-8(6)11/h4-5,12H,2-3H2,1H3. The summed E-state index contributed by atoms with van der Waals surface area (Å²) in [5.41, 5.74) is 1.28. The van der Waals surface area contributed by atoms with E-state index in [1.807, 2.05) is 0 Å². The molecule has 1 aromatic carbocycles. The van der Waals surface area contributed by atoms with E-state index in [-0.39, 0.29) is 5.75 Å². The second-order valence-corrected chi connectivity index (χ2v) is 3.16. The Morgan fingerprint density at radius 3 is 2.75 bits per heavy atom. The number of benzene rings is 1. The van der Waals surface area contributed by atoms with Gasteiger partial charge in [0, 0.05) is 5.02 Å². The van der Waals surface area contributed by atoms with Gasteiger partial charge < -0.3 is 5.11 Å². The van der Waals surface area contributed by atoms with Crippen molar-refractivity contribution in [1.82, 2.24) is 0 Å². The van der Waals surface area contributed by atoms with E-state index in [1.165, 1.54) is 0 Å². The smallest absolute Gasteiger partial charge is 0.119 e. The number of halogens is 1. The van der Waals surface area contributed by atoms with Gasteiger partial charge in [-0.25, -0.2) is 0 Å². The van der Waals surface area contributed by atoms with Crippen LogP contribution in [0.4, 0.5) is 0 Å². The van der Waals surface area contributed by atoms with Crippen LogP contribution >= 0.6 is 11.6 Å². The van der Waals surface area contributed by atoms with Crippen molar-refractivity contribution in [2.45, 2.75) is 19.8 Å². The first kappa shape index (κ1) is 9.46. The fourth-order valence-electron chi connectivity index (χ4n) is 1.08. The number of rotatable bonds is 2. The fraction of sp³-hybridized carbons (Fsp3) is 0.333. The molecule has 0 atom stereocenters. The van der Waals surface area contributed by atoms with Gasteiger partial charge >= 0.3 is 0 Å². The maximum atomic E-state index is 9.27. The molecule has 0 saturated carbocycles. The number of phenolic OH excluding ortho intramolecular Hbond substituents is 1. The average Bonchev–Trinajstić information content (AvgIpc) is 2.01. The van der Waals surface area contributed by atoms with Crippen molar-refractivity contribution in [2.75, 3.05) is 0 Å². The monoisotopic (exact) mass is 180 g/mol. The first-order valence-electron chi connectivity index (χ1n) is 3.92. The number of hydrogen-bond acceptors (Lipinski definition) is 1. The van der Waals surface area contributed by atoms with Crippen LogP contribution in [0.25, 0.3) is 0 Å². The third kappa shape index (κ3) is 1.95.